The average molecular weight is 305 g/mol. The van der Waals surface area contributed by atoms with Gasteiger partial charge in [-0.25, -0.2) is 0 Å². The SMILES string of the molecule is COCCOc1ccc(/C=C/C(=O)N2CCCCC2)c(O)c1. The number of methoxy groups -OCH3 is 1. The number of phenols is 1. The Balaban J connectivity index is 1.94. The minimum atomic E-state index is -0.000443. The molecule has 0 aromatic heterocycles. The van der Waals surface area contributed by atoms with Crippen LogP contribution in [-0.4, -0.2) is 49.3 Å². The number of hydrogen-bond donors (Lipinski definition) is 1. The van der Waals surface area contributed by atoms with Gasteiger partial charge < -0.3 is 19.5 Å². The largest absolute Gasteiger partial charge is 0.507 e. The fourth-order valence-corrected chi connectivity index (χ4v) is 2.38. The first-order valence-corrected chi connectivity index (χ1v) is 7.62. The Labute approximate surface area is 131 Å². The number of benzene rings is 1. The first-order valence-electron chi connectivity index (χ1n) is 7.62. The van der Waals surface area contributed by atoms with Gasteiger partial charge in [-0.1, -0.05) is 0 Å². The van der Waals surface area contributed by atoms with Gasteiger partial charge in [-0.3, -0.25) is 4.79 Å². The molecule has 0 radical (unpaired) electrons. The van der Waals surface area contributed by atoms with Crippen LogP contribution in [0.5, 0.6) is 11.5 Å². The topological polar surface area (TPSA) is 59.0 Å². The first kappa shape index (κ1) is 16.4. The maximum atomic E-state index is 12.0. The maximum absolute atomic E-state index is 12.0. The Morgan fingerprint density at radius 3 is 2.73 bits per heavy atom. The monoisotopic (exact) mass is 305 g/mol. The molecule has 0 bridgehead atoms. The number of carbonyl (C=O) groups is 1. The number of phenolic OH excluding ortho intramolecular Hbond substituents is 1. The van der Waals surface area contributed by atoms with Crippen molar-refractivity contribution in [3.63, 3.8) is 0 Å². The minimum absolute atomic E-state index is 0.000443. The molecule has 120 valence electrons. The predicted molar refractivity (Wildman–Crippen MR) is 84.9 cm³/mol. The number of amides is 1. The van der Waals surface area contributed by atoms with Crippen LogP contribution in [0.1, 0.15) is 24.8 Å². The van der Waals surface area contributed by atoms with Crippen LogP contribution in [0.15, 0.2) is 24.3 Å². The van der Waals surface area contributed by atoms with Gasteiger partial charge >= 0.3 is 0 Å². The molecule has 22 heavy (non-hydrogen) atoms. The second kappa shape index (κ2) is 8.44. The molecule has 0 unspecified atom stereocenters. The zero-order valence-corrected chi connectivity index (χ0v) is 13.0. The number of carbonyl (C=O) groups excluding carboxylic acids is 1. The Bertz CT molecular complexity index is 521. The van der Waals surface area contributed by atoms with Gasteiger partial charge in [0, 0.05) is 37.9 Å². The van der Waals surface area contributed by atoms with Gasteiger partial charge in [0.1, 0.15) is 18.1 Å². The van der Waals surface area contributed by atoms with Crippen molar-refractivity contribution in [1.29, 1.82) is 0 Å². The van der Waals surface area contributed by atoms with Gasteiger partial charge in [0.15, 0.2) is 0 Å². The molecular formula is C17H23NO4. The Hall–Kier alpha value is -2.01. The molecule has 1 aliphatic rings. The van der Waals surface area contributed by atoms with E-state index in [9.17, 15) is 9.90 Å². The van der Waals surface area contributed by atoms with E-state index in [1.54, 1.807) is 31.4 Å². The number of piperidine rings is 1. The Morgan fingerprint density at radius 2 is 2.05 bits per heavy atom. The van der Waals surface area contributed by atoms with Gasteiger partial charge in [0.25, 0.3) is 0 Å². The zero-order valence-electron chi connectivity index (χ0n) is 13.0. The molecule has 1 aromatic carbocycles. The van der Waals surface area contributed by atoms with Crippen molar-refractivity contribution in [1.82, 2.24) is 4.90 Å². The normalized spacial score (nSPS) is 15.2. The highest BCUT2D eigenvalue weighted by atomic mass is 16.5. The quantitative estimate of drug-likeness (QED) is 0.648. The second-order valence-corrected chi connectivity index (χ2v) is 5.28. The summed E-state index contributed by atoms with van der Waals surface area (Å²) in [6.45, 7) is 2.56. The zero-order chi connectivity index (χ0) is 15.8. The van der Waals surface area contributed by atoms with Crippen LogP contribution in [-0.2, 0) is 9.53 Å². The highest BCUT2D eigenvalue weighted by Gasteiger charge is 2.13. The smallest absolute Gasteiger partial charge is 0.246 e. The summed E-state index contributed by atoms with van der Waals surface area (Å²) >= 11 is 0. The van der Waals surface area contributed by atoms with Gasteiger partial charge in [-0.05, 0) is 37.5 Å². The number of hydrogen-bond acceptors (Lipinski definition) is 4. The molecule has 5 heteroatoms. The summed E-state index contributed by atoms with van der Waals surface area (Å²) < 4.78 is 10.3. The molecule has 0 saturated carbocycles. The fraction of sp³-hybridized carbons (Fsp3) is 0.471. The molecule has 1 heterocycles. The standard InChI is InChI=1S/C17H23NO4/c1-21-11-12-22-15-7-5-14(16(19)13-15)6-8-17(20)18-9-3-2-4-10-18/h5-8,13,19H,2-4,9-12H2,1H3/b8-6+. The third kappa shape index (κ3) is 4.77. The van der Waals surface area contributed by atoms with E-state index >= 15 is 0 Å². The summed E-state index contributed by atoms with van der Waals surface area (Å²) in [5.74, 6) is 0.672. The lowest BCUT2D eigenvalue weighted by Crippen LogP contribution is -2.34. The Morgan fingerprint density at radius 1 is 1.27 bits per heavy atom. The van der Waals surface area contributed by atoms with E-state index < -0.39 is 0 Å². The Kier molecular flexibility index (Phi) is 6.27. The van der Waals surface area contributed by atoms with Crippen molar-refractivity contribution in [3.05, 3.63) is 29.8 Å². The fourth-order valence-electron chi connectivity index (χ4n) is 2.38. The molecular weight excluding hydrogens is 282 g/mol. The van der Waals surface area contributed by atoms with E-state index in [1.807, 2.05) is 4.90 Å². The van der Waals surface area contributed by atoms with E-state index in [4.69, 9.17) is 9.47 Å². The minimum Gasteiger partial charge on any atom is -0.507 e. The summed E-state index contributed by atoms with van der Waals surface area (Å²) in [4.78, 5) is 13.9. The van der Waals surface area contributed by atoms with E-state index in [0.29, 0.717) is 24.5 Å². The highest BCUT2D eigenvalue weighted by Crippen LogP contribution is 2.24. The summed E-state index contributed by atoms with van der Waals surface area (Å²) in [5, 5.41) is 9.98. The number of nitrogens with zero attached hydrogens (tertiary/aromatic N) is 1. The molecule has 5 nitrogen and oxygen atoms in total. The van der Waals surface area contributed by atoms with E-state index in [1.165, 1.54) is 12.5 Å². The van der Waals surface area contributed by atoms with Gasteiger partial charge in [-0.15, -0.1) is 0 Å². The van der Waals surface area contributed by atoms with Crippen LogP contribution >= 0.6 is 0 Å². The number of aromatic hydroxyl groups is 1. The molecule has 0 aliphatic carbocycles. The molecule has 1 aromatic rings. The molecule has 1 fully saturated rings. The van der Waals surface area contributed by atoms with E-state index in [0.717, 1.165) is 25.9 Å². The summed E-state index contributed by atoms with van der Waals surface area (Å²) in [6.07, 6.45) is 6.49. The van der Waals surface area contributed by atoms with Crippen LogP contribution in [0, 0.1) is 0 Å². The molecule has 0 atom stereocenters. The van der Waals surface area contributed by atoms with Crippen molar-refractivity contribution >= 4 is 12.0 Å². The third-order valence-electron chi connectivity index (χ3n) is 3.63. The maximum Gasteiger partial charge on any atom is 0.246 e. The predicted octanol–water partition coefficient (Wildman–Crippen LogP) is 2.44. The van der Waals surface area contributed by atoms with Crippen LogP contribution in [0.3, 0.4) is 0 Å². The molecule has 2 rings (SSSR count). The lowest BCUT2D eigenvalue weighted by molar-refractivity contribution is -0.126. The number of rotatable bonds is 6. The van der Waals surface area contributed by atoms with Crippen LogP contribution in [0.25, 0.3) is 6.08 Å². The van der Waals surface area contributed by atoms with Crippen molar-refractivity contribution in [2.24, 2.45) is 0 Å². The van der Waals surface area contributed by atoms with Crippen LogP contribution in [0.2, 0.25) is 0 Å². The molecule has 1 amide bonds. The molecule has 1 aliphatic heterocycles. The summed E-state index contributed by atoms with van der Waals surface area (Å²) in [5.41, 5.74) is 0.601. The molecule has 1 saturated heterocycles. The van der Waals surface area contributed by atoms with Crippen LogP contribution in [0.4, 0.5) is 0 Å². The van der Waals surface area contributed by atoms with Gasteiger partial charge in [-0.2, -0.15) is 0 Å². The second-order valence-electron chi connectivity index (χ2n) is 5.28. The van der Waals surface area contributed by atoms with Crippen molar-refractivity contribution in [3.8, 4) is 11.5 Å². The van der Waals surface area contributed by atoms with Crippen LogP contribution < -0.4 is 4.74 Å². The van der Waals surface area contributed by atoms with E-state index in [-0.39, 0.29) is 11.7 Å². The summed E-state index contributed by atoms with van der Waals surface area (Å²) in [6, 6.07) is 5.04. The third-order valence-corrected chi connectivity index (χ3v) is 3.63. The van der Waals surface area contributed by atoms with Crippen molar-refractivity contribution in [2.45, 2.75) is 19.3 Å². The number of ether oxygens (including phenoxy) is 2. The van der Waals surface area contributed by atoms with E-state index in [2.05, 4.69) is 0 Å². The lowest BCUT2D eigenvalue weighted by Gasteiger charge is -2.25. The lowest BCUT2D eigenvalue weighted by atomic mass is 10.1. The molecule has 1 N–H and O–H groups in total. The molecule has 0 spiro atoms. The highest BCUT2D eigenvalue weighted by molar-refractivity contribution is 5.92. The summed E-state index contributed by atoms with van der Waals surface area (Å²) in [7, 11) is 1.61. The van der Waals surface area contributed by atoms with Crippen molar-refractivity contribution < 1.29 is 19.4 Å². The van der Waals surface area contributed by atoms with Crippen molar-refractivity contribution in [2.75, 3.05) is 33.4 Å². The average Bonchev–Trinajstić information content (AvgIpc) is 2.55. The first-order chi connectivity index (χ1) is 10.7. The van der Waals surface area contributed by atoms with Gasteiger partial charge in [0.2, 0.25) is 5.91 Å². The number of likely N-dealkylation sites (tertiary alicyclic amines) is 1. The van der Waals surface area contributed by atoms with Gasteiger partial charge in [0.05, 0.1) is 6.61 Å².